The predicted molar refractivity (Wildman–Crippen MR) is 76.8 cm³/mol. The van der Waals surface area contributed by atoms with E-state index in [0.717, 1.165) is 43.5 Å². The highest BCUT2D eigenvalue weighted by Crippen LogP contribution is 2.07. The van der Waals surface area contributed by atoms with Crippen LogP contribution >= 0.6 is 0 Å². The van der Waals surface area contributed by atoms with Gasteiger partial charge in [-0.2, -0.15) is 0 Å². The second-order valence-electron chi connectivity index (χ2n) is 5.90. The molecule has 0 saturated heterocycles. The maximum Gasteiger partial charge on any atom is 0.162 e. The summed E-state index contributed by atoms with van der Waals surface area (Å²) in [6, 6.07) is 1.97. The Balaban J connectivity index is 2.12. The smallest absolute Gasteiger partial charge is 0.162 e. The minimum absolute atomic E-state index is 0.523. The van der Waals surface area contributed by atoms with Crippen molar-refractivity contribution in [2.45, 2.75) is 53.7 Å². The Bertz CT molecular complexity index is 335. The first-order valence-corrected chi connectivity index (χ1v) is 7.31. The number of hydrogen-bond acceptors (Lipinski definition) is 4. The first kappa shape index (κ1) is 16.2. The van der Waals surface area contributed by atoms with E-state index in [4.69, 9.17) is 9.26 Å². The van der Waals surface area contributed by atoms with Crippen molar-refractivity contribution in [3.05, 3.63) is 17.5 Å². The van der Waals surface area contributed by atoms with Gasteiger partial charge in [0, 0.05) is 19.2 Å². The Morgan fingerprint density at radius 2 is 2.05 bits per heavy atom. The molecule has 0 unspecified atom stereocenters. The zero-order chi connectivity index (χ0) is 14.1. The summed E-state index contributed by atoms with van der Waals surface area (Å²) in [6.45, 7) is 11.9. The van der Waals surface area contributed by atoms with Gasteiger partial charge in [-0.15, -0.1) is 0 Å². The minimum atomic E-state index is 0.523. The van der Waals surface area contributed by atoms with Crippen LogP contribution in [-0.2, 0) is 17.9 Å². The van der Waals surface area contributed by atoms with Crippen LogP contribution in [0.15, 0.2) is 10.6 Å². The van der Waals surface area contributed by atoms with Crippen molar-refractivity contribution in [2.75, 3.05) is 13.2 Å². The molecule has 0 bridgehead atoms. The molecule has 1 aromatic heterocycles. The maximum absolute atomic E-state index is 5.57. The molecule has 0 spiro atoms. The average molecular weight is 268 g/mol. The van der Waals surface area contributed by atoms with E-state index in [2.05, 4.69) is 38.2 Å². The average Bonchev–Trinajstić information content (AvgIpc) is 2.76. The highest BCUT2D eigenvalue weighted by molar-refractivity contribution is 5.04. The summed E-state index contributed by atoms with van der Waals surface area (Å²) in [6.07, 6.45) is 2.31. The topological polar surface area (TPSA) is 47.3 Å². The van der Waals surface area contributed by atoms with Gasteiger partial charge in [-0.05, 0) is 31.2 Å². The number of nitrogens with one attached hydrogen (secondary N) is 1. The van der Waals surface area contributed by atoms with Crippen LogP contribution in [0.4, 0.5) is 0 Å². The fraction of sp³-hybridized carbons (Fsp3) is 0.800. The monoisotopic (exact) mass is 268 g/mol. The summed E-state index contributed by atoms with van der Waals surface area (Å²) in [7, 11) is 0. The van der Waals surface area contributed by atoms with Crippen LogP contribution in [0.1, 0.15) is 52.0 Å². The van der Waals surface area contributed by atoms with Gasteiger partial charge in [-0.3, -0.25) is 0 Å². The molecule has 0 aliphatic carbocycles. The third-order valence-electron chi connectivity index (χ3n) is 2.78. The fourth-order valence-corrected chi connectivity index (χ4v) is 1.76. The van der Waals surface area contributed by atoms with Crippen molar-refractivity contribution in [1.29, 1.82) is 0 Å². The Kier molecular flexibility index (Phi) is 7.75. The molecule has 110 valence electrons. The highest BCUT2D eigenvalue weighted by Gasteiger charge is 2.04. The lowest BCUT2D eigenvalue weighted by atomic mass is 10.1. The van der Waals surface area contributed by atoms with Crippen molar-refractivity contribution in [3.8, 4) is 0 Å². The van der Waals surface area contributed by atoms with Crippen LogP contribution < -0.4 is 5.32 Å². The van der Waals surface area contributed by atoms with Crippen LogP contribution in [0.25, 0.3) is 0 Å². The Morgan fingerprint density at radius 1 is 1.26 bits per heavy atom. The number of ether oxygens (including phenoxy) is 1. The summed E-state index contributed by atoms with van der Waals surface area (Å²) in [5.74, 6) is 2.20. The molecule has 0 radical (unpaired) electrons. The predicted octanol–water partition coefficient (Wildman–Crippen LogP) is 3.37. The standard InChI is InChI=1S/C15H28N2O2/c1-12(2)6-5-7-18-11-15-8-14(17-19-15)10-16-9-13(3)4/h8,12-13,16H,5-7,9-11H2,1-4H3. The second kappa shape index (κ2) is 9.10. The van der Waals surface area contributed by atoms with E-state index >= 15 is 0 Å². The van der Waals surface area contributed by atoms with E-state index in [9.17, 15) is 0 Å². The van der Waals surface area contributed by atoms with Crippen LogP contribution in [0, 0.1) is 11.8 Å². The lowest BCUT2D eigenvalue weighted by Gasteiger charge is -2.04. The molecule has 4 heteroatoms. The highest BCUT2D eigenvalue weighted by atomic mass is 16.5. The normalized spacial score (nSPS) is 11.7. The second-order valence-corrected chi connectivity index (χ2v) is 5.90. The largest absolute Gasteiger partial charge is 0.373 e. The lowest BCUT2D eigenvalue weighted by molar-refractivity contribution is 0.0960. The van der Waals surface area contributed by atoms with Crippen molar-refractivity contribution in [2.24, 2.45) is 11.8 Å². The van der Waals surface area contributed by atoms with E-state index in [0.29, 0.717) is 12.5 Å². The van der Waals surface area contributed by atoms with Crippen molar-refractivity contribution in [3.63, 3.8) is 0 Å². The molecule has 0 aliphatic rings. The Labute approximate surface area is 116 Å². The minimum Gasteiger partial charge on any atom is -0.373 e. The van der Waals surface area contributed by atoms with Crippen LogP contribution in [-0.4, -0.2) is 18.3 Å². The van der Waals surface area contributed by atoms with E-state index in [-0.39, 0.29) is 0 Å². The molecule has 1 N–H and O–H groups in total. The van der Waals surface area contributed by atoms with Crippen LogP contribution in [0.2, 0.25) is 0 Å². The zero-order valence-electron chi connectivity index (χ0n) is 12.7. The molecule has 1 rings (SSSR count). The molecule has 4 nitrogen and oxygen atoms in total. The molecular weight excluding hydrogens is 240 g/mol. The Hall–Kier alpha value is -0.870. The molecular formula is C15H28N2O2. The van der Waals surface area contributed by atoms with E-state index in [1.54, 1.807) is 0 Å². The van der Waals surface area contributed by atoms with Gasteiger partial charge in [-0.25, -0.2) is 0 Å². The Morgan fingerprint density at radius 3 is 2.74 bits per heavy atom. The zero-order valence-corrected chi connectivity index (χ0v) is 12.7. The van der Waals surface area contributed by atoms with Gasteiger partial charge in [0.25, 0.3) is 0 Å². The third kappa shape index (κ3) is 8.01. The summed E-state index contributed by atoms with van der Waals surface area (Å²) in [5.41, 5.74) is 0.946. The molecule has 1 heterocycles. The molecule has 0 amide bonds. The molecule has 1 aromatic rings. The van der Waals surface area contributed by atoms with Crippen LogP contribution in [0.5, 0.6) is 0 Å². The quantitative estimate of drug-likeness (QED) is 0.661. The van der Waals surface area contributed by atoms with Crippen LogP contribution in [0.3, 0.4) is 0 Å². The summed E-state index contributed by atoms with van der Waals surface area (Å²) in [4.78, 5) is 0. The SMILES string of the molecule is CC(C)CCCOCc1cc(CNCC(C)C)no1. The molecule has 19 heavy (non-hydrogen) atoms. The maximum atomic E-state index is 5.57. The first-order chi connectivity index (χ1) is 9.08. The number of rotatable bonds is 10. The van der Waals surface area contributed by atoms with Gasteiger partial charge in [0.15, 0.2) is 5.76 Å². The third-order valence-corrected chi connectivity index (χ3v) is 2.78. The summed E-state index contributed by atoms with van der Waals surface area (Å²) >= 11 is 0. The molecule has 0 saturated carbocycles. The van der Waals surface area contributed by atoms with Gasteiger partial charge in [0.1, 0.15) is 6.61 Å². The van der Waals surface area contributed by atoms with Crippen molar-refractivity contribution >= 4 is 0 Å². The number of nitrogens with zero attached hydrogens (tertiary/aromatic N) is 1. The number of aromatic nitrogens is 1. The fourth-order valence-electron chi connectivity index (χ4n) is 1.76. The first-order valence-electron chi connectivity index (χ1n) is 7.31. The van der Waals surface area contributed by atoms with Gasteiger partial charge in [0.05, 0.1) is 5.69 Å². The molecule has 0 aromatic carbocycles. The molecule has 0 atom stereocenters. The van der Waals surface area contributed by atoms with Gasteiger partial charge in [-0.1, -0.05) is 32.9 Å². The van der Waals surface area contributed by atoms with E-state index in [1.807, 2.05) is 6.07 Å². The summed E-state index contributed by atoms with van der Waals surface area (Å²) in [5, 5.41) is 7.36. The molecule has 0 aliphatic heterocycles. The van der Waals surface area contributed by atoms with Crippen molar-refractivity contribution in [1.82, 2.24) is 10.5 Å². The van der Waals surface area contributed by atoms with E-state index in [1.165, 1.54) is 6.42 Å². The number of hydrogen-bond donors (Lipinski definition) is 1. The van der Waals surface area contributed by atoms with E-state index < -0.39 is 0 Å². The molecule has 0 fully saturated rings. The lowest BCUT2D eigenvalue weighted by Crippen LogP contribution is -2.19. The summed E-state index contributed by atoms with van der Waals surface area (Å²) < 4.78 is 10.8. The van der Waals surface area contributed by atoms with Gasteiger partial charge >= 0.3 is 0 Å². The van der Waals surface area contributed by atoms with Gasteiger partial charge < -0.3 is 14.6 Å². The van der Waals surface area contributed by atoms with Gasteiger partial charge in [0.2, 0.25) is 0 Å². The van der Waals surface area contributed by atoms with Crippen molar-refractivity contribution < 1.29 is 9.26 Å².